The van der Waals surface area contributed by atoms with Gasteiger partial charge < -0.3 is 9.88 Å². The van der Waals surface area contributed by atoms with Gasteiger partial charge in [0.2, 0.25) is 0 Å². The zero-order chi connectivity index (χ0) is 19.2. The fraction of sp³-hybridized carbons (Fsp3) is 0.333. The van der Waals surface area contributed by atoms with Crippen LogP contribution in [0.4, 0.5) is 18.9 Å². The van der Waals surface area contributed by atoms with Crippen LogP contribution in [0.1, 0.15) is 6.42 Å². The van der Waals surface area contributed by atoms with E-state index < -0.39 is 23.7 Å². The Bertz CT molecular complexity index is 1100. The van der Waals surface area contributed by atoms with E-state index in [1.54, 1.807) is 17.2 Å². The molecule has 0 radical (unpaired) electrons. The Labute approximate surface area is 148 Å². The van der Waals surface area contributed by atoms with Crippen LogP contribution in [-0.2, 0) is 4.74 Å². The number of fused-ring (bicyclic) bond motifs is 1. The minimum absolute atomic E-state index is 0.0213. The summed E-state index contributed by atoms with van der Waals surface area (Å²) in [5.74, 6) is 0. The molecule has 1 saturated heterocycles. The molecule has 4 heterocycles. The summed E-state index contributed by atoms with van der Waals surface area (Å²) in [7, 11) is 0. The van der Waals surface area contributed by atoms with Crippen LogP contribution in [0.5, 0.6) is 0 Å². The van der Waals surface area contributed by atoms with Crippen molar-refractivity contribution in [2.75, 3.05) is 18.0 Å². The van der Waals surface area contributed by atoms with Crippen LogP contribution >= 0.6 is 0 Å². The minimum atomic E-state index is -4.70. The molecule has 1 fully saturated rings. The highest BCUT2D eigenvalue weighted by Crippen LogP contribution is 2.30. The largest absolute Gasteiger partial charge is 0.522 e. The van der Waals surface area contributed by atoms with Crippen molar-refractivity contribution in [3.8, 4) is 11.3 Å². The molecule has 0 aliphatic carbocycles. The van der Waals surface area contributed by atoms with Crippen LogP contribution in [-0.4, -0.2) is 50.1 Å². The Morgan fingerprint density at radius 1 is 1.30 bits per heavy atom. The molecule has 0 unspecified atom stereocenters. The maximum atomic E-state index is 12.5. The number of alkyl halides is 3. The van der Waals surface area contributed by atoms with Gasteiger partial charge in [-0.2, -0.15) is 5.10 Å². The monoisotopic (exact) mass is 382 g/mol. The van der Waals surface area contributed by atoms with E-state index >= 15 is 0 Å². The zero-order valence-corrected chi connectivity index (χ0v) is 13.7. The normalized spacial score (nSPS) is 17.7. The average Bonchev–Trinajstić information content (AvgIpc) is 3.21. The number of H-pyrrole nitrogens is 2. The summed E-state index contributed by atoms with van der Waals surface area (Å²) >= 11 is 0. The second-order valence-electron chi connectivity index (χ2n) is 6.02. The van der Waals surface area contributed by atoms with Crippen LogP contribution in [0, 0.1) is 0 Å². The fourth-order valence-electron chi connectivity index (χ4n) is 3.10. The quantitative estimate of drug-likeness (QED) is 0.697. The average molecular weight is 382 g/mol. The molecule has 0 aromatic carbocycles. The third kappa shape index (κ3) is 3.43. The second kappa shape index (κ2) is 6.23. The Morgan fingerprint density at radius 2 is 2.11 bits per heavy atom. The van der Waals surface area contributed by atoms with Crippen molar-refractivity contribution in [3.63, 3.8) is 0 Å². The smallest absolute Gasteiger partial charge is 0.366 e. The molecule has 0 amide bonds. The standard InChI is InChI=1S/C15H13F3N6O3/c16-15(17,18)27-8-1-3-23(7-8)11-5-10(22-24-4-2-19-12(11)24)9-6-20-14(26)21-13(9)25/h2,4-6,8H,1,3,7H2,(H2,20,21,25,26)/t8-/m1/s1. The van der Waals surface area contributed by atoms with Gasteiger partial charge >= 0.3 is 12.1 Å². The van der Waals surface area contributed by atoms with Gasteiger partial charge in [-0.05, 0) is 12.5 Å². The van der Waals surface area contributed by atoms with E-state index in [1.807, 2.05) is 0 Å². The van der Waals surface area contributed by atoms with Gasteiger partial charge in [-0.25, -0.2) is 14.3 Å². The molecule has 0 saturated carbocycles. The SMILES string of the molecule is O=c1[nH]cc(-c2cc(N3CC[C@@H](OC(F)(F)F)C3)c3nccn3n2)c(=O)[nH]1. The maximum absolute atomic E-state index is 12.5. The topological polar surface area (TPSA) is 108 Å². The van der Waals surface area contributed by atoms with Crippen molar-refractivity contribution in [1.82, 2.24) is 24.6 Å². The molecule has 1 aliphatic heterocycles. The van der Waals surface area contributed by atoms with Crippen LogP contribution in [0.2, 0.25) is 0 Å². The number of hydrogen-bond donors (Lipinski definition) is 2. The van der Waals surface area contributed by atoms with Crippen molar-refractivity contribution in [2.45, 2.75) is 18.9 Å². The number of nitrogens with one attached hydrogen (secondary N) is 2. The lowest BCUT2D eigenvalue weighted by Crippen LogP contribution is -2.28. The first-order chi connectivity index (χ1) is 12.8. The predicted octanol–water partition coefficient (Wildman–Crippen LogP) is 0.888. The summed E-state index contributed by atoms with van der Waals surface area (Å²) in [4.78, 5) is 33.6. The Kier molecular flexibility index (Phi) is 3.98. The number of nitrogens with zero attached hydrogens (tertiary/aromatic N) is 4. The van der Waals surface area contributed by atoms with E-state index in [2.05, 4.69) is 24.8 Å². The molecule has 0 spiro atoms. The Balaban J connectivity index is 1.74. The van der Waals surface area contributed by atoms with Crippen LogP contribution in [0.3, 0.4) is 0 Å². The van der Waals surface area contributed by atoms with Crippen LogP contribution in [0.15, 0.2) is 34.2 Å². The lowest BCUT2D eigenvalue weighted by atomic mass is 10.2. The first-order valence-electron chi connectivity index (χ1n) is 7.96. The van der Waals surface area contributed by atoms with Crippen molar-refractivity contribution in [1.29, 1.82) is 0 Å². The van der Waals surface area contributed by atoms with Gasteiger partial charge in [-0.3, -0.25) is 14.5 Å². The first-order valence-corrected chi connectivity index (χ1v) is 7.96. The Morgan fingerprint density at radius 3 is 2.85 bits per heavy atom. The molecule has 3 aromatic heterocycles. The van der Waals surface area contributed by atoms with E-state index in [0.717, 1.165) is 0 Å². The molecule has 27 heavy (non-hydrogen) atoms. The Hall–Kier alpha value is -3.15. The highest BCUT2D eigenvalue weighted by molar-refractivity contribution is 5.74. The van der Waals surface area contributed by atoms with Crippen LogP contribution in [0.25, 0.3) is 16.9 Å². The maximum Gasteiger partial charge on any atom is 0.522 e. The molecule has 1 atom stereocenters. The molecule has 3 aromatic rings. The molecule has 9 nitrogen and oxygen atoms in total. The predicted molar refractivity (Wildman–Crippen MR) is 87.4 cm³/mol. The molecule has 142 valence electrons. The summed E-state index contributed by atoms with van der Waals surface area (Å²) in [6.45, 7) is 0.349. The first kappa shape index (κ1) is 17.3. The molecule has 0 bridgehead atoms. The van der Waals surface area contributed by atoms with Gasteiger partial charge in [-0.15, -0.1) is 13.2 Å². The van der Waals surface area contributed by atoms with Gasteiger partial charge in [0.1, 0.15) is 5.69 Å². The number of aromatic nitrogens is 5. The lowest BCUT2D eigenvalue weighted by Gasteiger charge is -2.20. The number of imidazole rings is 1. The molecule has 12 heteroatoms. The van der Waals surface area contributed by atoms with Gasteiger partial charge in [0.25, 0.3) is 5.56 Å². The molecule has 2 N–H and O–H groups in total. The number of halogens is 3. The van der Waals surface area contributed by atoms with Crippen LogP contribution < -0.4 is 16.1 Å². The number of ether oxygens (including phenoxy) is 1. The number of hydrogen-bond acceptors (Lipinski definition) is 6. The van der Waals surface area contributed by atoms with E-state index in [0.29, 0.717) is 17.9 Å². The van der Waals surface area contributed by atoms with Crippen molar-refractivity contribution in [2.24, 2.45) is 0 Å². The summed E-state index contributed by atoms with van der Waals surface area (Å²) in [6, 6.07) is 1.56. The minimum Gasteiger partial charge on any atom is -0.366 e. The molecular formula is C15H13F3N6O3. The summed E-state index contributed by atoms with van der Waals surface area (Å²) in [5, 5.41) is 4.28. The van der Waals surface area contributed by atoms with E-state index in [-0.39, 0.29) is 24.2 Å². The molecular weight excluding hydrogens is 369 g/mol. The third-order valence-corrected chi connectivity index (χ3v) is 4.22. The summed E-state index contributed by atoms with van der Waals surface area (Å²) in [6.07, 6.45) is -1.21. The highest BCUT2D eigenvalue weighted by Gasteiger charge is 2.37. The number of anilines is 1. The van der Waals surface area contributed by atoms with Gasteiger partial charge in [0.15, 0.2) is 5.65 Å². The number of rotatable bonds is 3. The van der Waals surface area contributed by atoms with E-state index in [4.69, 9.17) is 0 Å². The third-order valence-electron chi connectivity index (χ3n) is 4.22. The summed E-state index contributed by atoms with van der Waals surface area (Å²) < 4.78 is 42.9. The van der Waals surface area contributed by atoms with Gasteiger partial charge in [0.05, 0.1) is 17.4 Å². The van der Waals surface area contributed by atoms with Crippen molar-refractivity contribution < 1.29 is 17.9 Å². The summed E-state index contributed by atoms with van der Waals surface area (Å²) in [5.41, 5.74) is 0.0359. The van der Waals surface area contributed by atoms with E-state index in [9.17, 15) is 22.8 Å². The van der Waals surface area contributed by atoms with E-state index in [1.165, 1.54) is 16.9 Å². The molecule has 1 aliphatic rings. The molecule has 4 rings (SSSR count). The number of aromatic amines is 2. The zero-order valence-electron chi connectivity index (χ0n) is 13.7. The lowest BCUT2D eigenvalue weighted by molar-refractivity contribution is -0.339. The van der Waals surface area contributed by atoms with Gasteiger partial charge in [0, 0.05) is 31.7 Å². The highest BCUT2D eigenvalue weighted by atomic mass is 19.4. The van der Waals surface area contributed by atoms with Crippen molar-refractivity contribution in [3.05, 3.63) is 45.5 Å². The fourth-order valence-corrected chi connectivity index (χ4v) is 3.10. The second-order valence-corrected chi connectivity index (χ2v) is 6.02. The van der Waals surface area contributed by atoms with Gasteiger partial charge in [-0.1, -0.05) is 0 Å². The van der Waals surface area contributed by atoms with Crippen molar-refractivity contribution >= 4 is 11.3 Å².